The van der Waals surface area contributed by atoms with Crippen molar-refractivity contribution < 1.29 is 14.7 Å². The highest BCUT2D eigenvalue weighted by molar-refractivity contribution is 6.38. The van der Waals surface area contributed by atoms with E-state index >= 15 is 0 Å². The first-order valence-electron chi connectivity index (χ1n) is 7.91. The fourth-order valence-corrected chi connectivity index (χ4v) is 3.65. The van der Waals surface area contributed by atoms with Gasteiger partial charge in [-0.05, 0) is 42.5 Å². The number of pyridine rings is 1. The van der Waals surface area contributed by atoms with E-state index in [1.807, 2.05) is 6.07 Å². The molecule has 1 unspecified atom stereocenters. The van der Waals surface area contributed by atoms with Crippen molar-refractivity contribution in [3.05, 3.63) is 57.3 Å². The number of hydrogen-bond donors (Lipinski definition) is 2. The zero-order valence-electron chi connectivity index (χ0n) is 13.1. The van der Waals surface area contributed by atoms with Gasteiger partial charge in [0.1, 0.15) is 5.69 Å². The molecule has 0 spiro atoms. The average molecular weight is 377 g/mol. The standard InChI is InChI=1S/C18H14Cl2N2O3/c19-11-4-5-12(20)16-15(11)18(25,17(24)22-16)7-14(23)13-6-3-10(8-21-13)9-1-2-9/h3-6,8-9,25H,1-2,7H2,(H,22,24). The predicted molar refractivity (Wildman–Crippen MR) is 94.1 cm³/mol. The summed E-state index contributed by atoms with van der Waals surface area (Å²) in [6, 6.07) is 6.51. The van der Waals surface area contributed by atoms with E-state index in [-0.39, 0.29) is 27.0 Å². The first-order valence-corrected chi connectivity index (χ1v) is 8.67. The molecule has 2 aromatic rings. The largest absolute Gasteiger partial charge is 0.375 e. The smallest absolute Gasteiger partial charge is 0.261 e. The third-order valence-electron chi connectivity index (χ3n) is 4.67. The minimum atomic E-state index is -2.06. The van der Waals surface area contributed by atoms with Gasteiger partial charge in [0.2, 0.25) is 0 Å². The quantitative estimate of drug-likeness (QED) is 0.797. The molecule has 1 fully saturated rings. The summed E-state index contributed by atoms with van der Waals surface area (Å²) in [5.74, 6) is -0.626. The summed E-state index contributed by atoms with van der Waals surface area (Å²) in [6.45, 7) is 0. The molecule has 1 aromatic carbocycles. The number of aliphatic hydroxyl groups is 1. The van der Waals surface area contributed by atoms with Crippen LogP contribution < -0.4 is 5.32 Å². The van der Waals surface area contributed by atoms with Crippen molar-refractivity contribution in [2.45, 2.75) is 30.8 Å². The Morgan fingerprint density at radius 3 is 2.60 bits per heavy atom. The van der Waals surface area contributed by atoms with E-state index in [0.29, 0.717) is 5.92 Å². The Morgan fingerprint density at radius 1 is 1.24 bits per heavy atom. The normalized spacial score (nSPS) is 21.8. The Labute approximate surface area is 154 Å². The Balaban J connectivity index is 1.65. The van der Waals surface area contributed by atoms with Crippen molar-refractivity contribution in [1.29, 1.82) is 0 Å². The number of aromatic nitrogens is 1. The van der Waals surface area contributed by atoms with Gasteiger partial charge in [-0.15, -0.1) is 0 Å². The third kappa shape index (κ3) is 2.72. The summed E-state index contributed by atoms with van der Waals surface area (Å²) in [5, 5.41) is 13.8. The van der Waals surface area contributed by atoms with E-state index in [2.05, 4.69) is 10.3 Å². The number of carbonyl (C=O) groups is 2. The van der Waals surface area contributed by atoms with Gasteiger partial charge in [0, 0.05) is 16.8 Å². The Hall–Kier alpha value is -1.95. The van der Waals surface area contributed by atoms with E-state index in [1.165, 1.54) is 12.1 Å². The molecule has 1 saturated carbocycles. The zero-order valence-corrected chi connectivity index (χ0v) is 14.6. The van der Waals surface area contributed by atoms with Crippen LogP contribution >= 0.6 is 23.2 Å². The van der Waals surface area contributed by atoms with Crippen LogP contribution in [0.1, 0.15) is 46.8 Å². The van der Waals surface area contributed by atoms with Gasteiger partial charge in [-0.25, -0.2) is 0 Å². The molecule has 2 aliphatic rings. The van der Waals surface area contributed by atoms with Gasteiger partial charge < -0.3 is 10.4 Å². The number of rotatable bonds is 4. The lowest BCUT2D eigenvalue weighted by Gasteiger charge is -2.20. The number of hydrogen-bond acceptors (Lipinski definition) is 4. The second-order valence-corrected chi connectivity index (χ2v) is 7.26. The molecular weight excluding hydrogens is 363 g/mol. The number of benzene rings is 1. The number of amides is 1. The lowest BCUT2D eigenvalue weighted by atomic mass is 9.89. The molecule has 1 amide bonds. The summed E-state index contributed by atoms with van der Waals surface area (Å²) < 4.78 is 0. The maximum atomic E-state index is 12.6. The number of nitrogens with one attached hydrogen (secondary N) is 1. The van der Waals surface area contributed by atoms with E-state index in [9.17, 15) is 14.7 Å². The van der Waals surface area contributed by atoms with E-state index in [4.69, 9.17) is 23.2 Å². The molecule has 0 bridgehead atoms. The molecule has 0 radical (unpaired) electrons. The van der Waals surface area contributed by atoms with Crippen LogP contribution in [0.5, 0.6) is 0 Å². The van der Waals surface area contributed by atoms with Crippen molar-refractivity contribution in [2.75, 3.05) is 5.32 Å². The topological polar surface area (TPSA) is 79.3 Å². The molecule has 128 valence electrons. The molecule has 2 heterocycles. The minimum Gasteiger partial charge on any atom is -0.375 e. The average Bonchev–Trinajstić information content (AvgIpc) is 3.39. The van der Waals surface area contributed by atoms with Crippen LogP contribution in [0.2, 0.25) is 10.0 Å². The highest BCUT2D eigenvalue weighted by Gasteiger charge is 2.49. The molecule has 0 saturated heterocycles. The maximum absolute atomic E-state index is 12.6. The number of carbonyl (C=O) groups excluding carboxylic acids is 2. The maximum Gasteiger partial charge on any atom is 0.261 e. The van der Waals surface area contributed by atoms with Crippen molar-refractivity contribution in [1.82, 2.24) is 4.98 Å². The van der Waals surface area contributed by atoms with E-state index in [1.54, 1.807) is 12.3 Å². The first kappa shape index (κ1) is 16.5. The van der Waals surface area contributed by atoms with Crippen LogP contribution in [0.25, 0.3) is 0 Å². The summed E-state index contributed by atoms with van der Waals surface area (Å²) >= 11 is 12.2. The Kier molecular flexibility index (Phi) is 3.83. The van der Waals surface area contributed by atoms with Crippen molar-refractivity contribution in [2.24, 2.45) is 0 Å². The van der Waals surface area contributed by atoms with Crippen LogP contribution in [0.4, 0.5) is 5.69 Å². The third-order valence-corrected chi connectivity index (χ3v) is 5.30. The molecule has 7 heteroatoms. The van der Waals surface area contributed by atoms with Crippen LogP contribution in [0.3, 0.4) is 0 Å². The molecule has 5 nitrogen and oxygen atoms in total. The van der Waals surface area contributed by atoms with Crippen molar-refractivity contribution in [3.63, 3.8) is 0 Å². The van der Waals surface area contributed by atoms with Gasteiger partial charge >= 0.3 is 0 Å². The number of halogens is 2. The first-order chi connectivity index (χ1) is 11.9. The van der Waals surface area contributed by atoms with Crippen LogP contribution in [-0.4, -0.2) is 21.8 Å². The molecule has 25 heavy (non-hydrogen) atoms. The number of nitrogens with zero attached hydrogens (tertiary/aromatic N) is 1. The fourth-order valence-electron chi connectivity index (χ4n) is 3.13. The molecule has 1 aliphatic heterocycles. The van der Waals surface area contributed by atoms with Gasteiger partial charge in [0.15, 0.2) is 11.4 Å². The molecule has 4 rings (SSSR count). The minimum absolute atomic E-state index is 0.134. The number of fused-ring (bicyclic) bond motifs is 1. The van der Waals surface area contributed by atoms with Gasteiger partial charge in [-0.1, -0.05) is 29.3 Å². The van der Waals surface area contributed by atoms with E-state index < -0.39 is 23.7 Å². The van der Waals surface area contributed by atoms with Crippen LogP contribution in [-0.2, 0) is 10.4 Å². The number of anilines is 1. The molecule has 1 aromatic heterocycles. The summed E-state index contributed by atoms with van der Waals surface area (Å²) in [5.41, 5.74) is -0.377. The molecule has 1 aliphatic carbocycles. The highest BCUT2D eigenvalue weighted by Crippen LogP contribution is 2.46. The number of Topliss-reactive ketones (excluding diaryl/α,β-unsaturated/α-hetero) is 1. The highest BCUT2D eigenvalue weighted by atomic mass is 35.5. The lowest BCUT2D eigenvalue weighted by molar-refractivity contribution is -0.133. The Bertz CT molecular complexity index is 894. The summed E-state index contributed by atoms with van der Waals surface area (Å²) in [6.07, 6.45) is 3.51. The van der Waals surface area contributed by atoms with E-state index in [0.717, 1.165) is 18.4 Å². The summed E-state index contributed by atoms with van der Waals surface area (Å²) in [7, 11) is 0. The van der Waals surface area contributed by atoms with Crippen LogP contribution in [0.15, 0.2) is 30.5 Å². The fraction of sp³-hybridized carbons (Fsp3) is 0.278. The van der Waals surface area contributed by atoms with Gasteiger partial charge in [0.25, 0.3) is 5.91 Å². The van der Waals surface area contributed by atoms with Crippen molar-refractivity contribution in [3.8, 4) is 0 Å². The Morgan fingerprint density at radius 2 is 1.96 bits per heavy atom. The predicted octanol–water partition coefficient (Wildman–Crippen LogP) is 3.68. The zero-order chi connectivity index (χ0) is 17.8. The van der Waals surface area contributed by atoms with Crippen molar-refractivity contribution >= 4 is 40.6 Å². The summed E-state index contributed by atoms with van der Waals surface area (Å²) in [4.78, 5) is 29.1. The van der Waals surface area contributed by atoms with Gasteiger partial charge in [-0.2, -0.15) is 0 Å². The lowest BCUT2D eigenvalue weighted by Crippen LogP contribution is -2.36. The SMILES string of the molecule is O=C(CC1(O)C(=O)Nc2c(Cl)ccc(Cl)c21)c1ccc(C2CC2)cn1. The van der Waals surface area contributed by atoms with Gasteiger partial charge in [-0.3, -0.25) is 14.6 Å². The van der Waals surface area contributed by atoms with Gasteiger partial charge in [0.05, 0.1) is 17.1 Å². The molecule has 2 N–H and O–H groups in total. The van der Waals surface area contributed by atoms with Crippen LogP contribution in [0, 0.1) is 0 Å². The monoisotopic (exact) mass is 376 g/mol. The molecule has 1 atom stereocenters. The second kappa shape index (κ2) is 5.80. The molecular formula is C18H14Cl2N2O3. The number of ketones is 1. The second-order valence-electron chi connectivity index (χ2n) is 6.44.